The molecule has 0 aromatic carbocycles. The fourth-order valence-corrected chi connectivity index (χ4v) is 0.914. The van der Waals surface area contributed by atoms with Crippen LogP contribution in [-0.4, -0.2) is 31.2 Å². The number of hydrogen-bond acceptors (Lipinski definition) is 4. The number of amides is 1. The van der Waals surface area contributed by atoms with Gasteiger partial charge in [-0.25, -0.2) is 4.98 Å². The van der Waals surface area contributed by atoms with E-state index in [2.05, 4.69) is 16.4 Å². The Labute approximate surface area is 82.3 Å². The molecule has 0 saturated carbocycles. The van der Waals surface area contributed by atoms with E-state index in [1.54, 1.807) is 13.2 Å². The average molecular weight is 194 g/mol. The zero-order valence-electron chi connectivity index (χ0n) is 7.91. The van der Waals surface area contributed by atoms with Gasteiger partial charge in [0.25, 0.3) is 5.91 Å². The van der Waals surface area contributed by atoms with Crippen molar-refractivity contribution in [2.75, 3.05) is 26.0 Å². The number of nitrogens with two attached hydrogens (primary N) is 1. The van der Waals surface area contributed by atoms with E-state index < -0.39 is 0 Å². The van der Waals surface area contributed by atoms with Crippen molar-refractivity contribution in [1.82, 2.24) is 10.3 Å². The molecule has 0 unspecified atom stereocenters. The molecule has 1 radical (unpaired) electrons. The molecule has 5 nitrogen and oxygen atoms in total. The van der Waals surface area contributed by atoms with Gasteiger partial charge in [-0.2, -0.15) is 0 Å². The number of pyridine rings is 1. The topological polar surface area (TPSA) is 77.2 Å². The minimum Gasteiger partial charge on any atom is -0.383 e. The maximum absolute atomic E-state index is 11.4. The van der Waals surface area contributed by atoms with Crippen LogP contribution in [0.3, 0.4) is 0 Å². The Bertz CT molecular complexity index is 315. The van der Waals surface area contributed by atoms with E-state index >= 15 is 0 Å². The Morgan fingerprint density at radius 3 is 3.21 bits per heavy atom. The van der Waals surface area contributed by atoms with Gasteiger partial charge in [-0.05, 0) is 6.07 Å². The van der Waals surface area contributed by atoms with E-state index in [1.165, 1.54) is 6.20 Å². The number of aromatic nitrogens is 1. The fourth-order valence-electron chi connectivity index (χ4n) is 0.914. The Balaban J connectivity index is 2.56. The Morgan fingerprint density at radius 1 is 1.79 bits per heavy atom. The maximum Gasteiger partial charge on any atom is 0.255 e. The summed E-state index contributed by atoms with van der Waals surface area (Å²) in [5.41, 5.74) is 5.76. The number of carbonyl (C=O) groups excluding carboxylic acids is 1. The Kier molecular flexibility index (Phi) is 3.87. The van der Waals surface area contributed by atoms with Crippen LogP contribution in [0.1, 0.15) is 10.4 Å². The summed E-state index contributed by atoms with van der Waals surface area (Å²) < 4.78 is 4.79. The summed E-state index contributed by atoms with van der Waals surface area (Å²) in [6.07, 6.45) is 1.49. The van der Waals surface area contributed by atoms with Gasteiger partial charge in [0.1, 0.15) is 5.82 Å². The van der Waals surface area contributed by atoms with Crippen LogP contribution in [0.4, 0.5) is 5.82 Å². The van der Waals surface area contributed by atoms with Crippen molar-refractivity contribution in [3.63, 3.8) is 0 Å². The molecule has 1 heterocycles. The molecule has 0 bridgehead atoms. The average Bonchev–Trinajstić information content (AvgIpc) is 2.18. The van der Waals surface area contributed by atoms with Gasteiger partial charge in [0.05, 0.1) is 12.2 Å². The van der Waals surface area contributed by atoms with E-state index in [0.717, 1.165) is 0 Å². The second kappa shape index (κ2) is 5.18. The first kappa shape index (κ1) is 10.5. The summed E-state index contributed by atoms with van der Waals surface area (Å²) in [5, 5.41) is 2.63. The fraction of sp³-hybridized carbons (Fsp3) is 0.333. The summed E-state index contributed by atoms with van der Waals surface area (Å²) in [6, 6.07) is 4.27. The first-order valence-corrected chi connectivity index (χ1v) is 4.15. The molecule has 5 heteroatoms. The highest BCUT2D eigenvalue weighted by Gasteiger charge is 2.08. The lowest BCUT2D eigenvalue weighted by Crippen LogP contribution is -2.27. The Hall–Kier alpha value is -1.62. The van der Waals surface area contributed by atoms with Gasteiger partial charge >= 0.3 is 0 Å². The molecule has 14 heavy (non-hydrogen) atoms. The molecule has 75 valence electrons. The third-order valence-electron chi connectivity index (χ3n) is 1.59. The predicted octanol–water partition coefficient (Wildman–Crippen LogP) is -0.160. The van der Waals surface area contributed by atoms with Crippen molar-refractivity contribution >= 4 is 11.7 Å². The standard InChI is InChI=1S/C9H12N3O2/c1-14-6-5-12-9(13)7-3-2-4-11-8(7)10/h2,4H,5-6H2,1H3,(H2,10,11)(H,12,13). The number of nitrogen functional groups attached to an aromatic ring is 1. The number of methoxy groups -OCH3 is 1. The zero-order valence-corrected chi connectivity index (χ0v) is 7.91. The predicted molar refractivity (Wildman–Crippen MR) is 51.7 cm³/mol. The van der Waals surface area contributed by atoms with Gasteiger partial charge in [0.2, 0.25) is 0 Å². The highest BCUT2D eigenvalue weighted by Crippen LogP contribution is 2.04. The van der Waals surface area contributed by atoms with Gasteiger partial charge in [-0.3, -0.25) is 4.79 Å². The second-order valence-corrected chi connectivity index (χ2v) is 2.60. The van der Waals surface area contributed by atoms with Crippen LogP contribution in [0.25, 0.3) is 0 Å². The third kappa shape index (κ3) is 2.70. The number of anilines is 1. The lowest BCUT2D eigenvalue weighted by molar-refractivity contribution is 0.0937. The third-order valence-corrected chi connectivity index (χ3v) is 1.59. The molecular formula is C9H12N3O2. The van der Waals surface area contributed by atoms with Crippen molar-refractivity contribution in [1.29, 1.82) is 0 Å². The number of nitrogens with one attached hydrogen (secondary N) is 1. The SMILES string of the molecule is COCCNC(=O)c1[c]ccnc1N. The van der Waals surface area contributed by atoms with Crippen LogP contribution in [0.2, 0.25) is 0 Å². The molecule has 1 amide bonds. The Morgan fingerprint density at radius 2 is 2.57 bits per heavy atom. The van der Waals surface area contributed by atoms with Crippen molar-refractivity contribution < 1.29 is 9.53 Å². The smallest absolute Gasteiger partial charge is 0.255 e. The molecule has 0 atom stereocenters. The molecule has 0 aliphatic rings. The first-order valence-electron chi connectivity index (χ1n) is 4.15. The summed E-state index contributed by atoms with van der Waals surface area (Å²) in [5.74, 6) is -0.102. The molecule has 0 aliphatic heterocycles. The van der Waals surface area contributed by atoms with Crippen LogP contribution in [0, 0.1) is 6.07 Å². The maximum atomic E-state index is 11.4. The first-order chi connectivity index (χ1) is 6.75. The van der Waals surface area contributed by atoms with Gasteiger partial charge in [0.15, 0.2) is 0 Å². The molecule has 0 spiro atoms. The minimum atomic E-state index is -0.285. The largest absolute Gasteiger partial charge is 0.383 e. The molecule has 1 aromatic rings. The molecule has 3 N–H and O–H groups in total. The van der Waals surface area contributed by atoms with E-state index in [-0.39, 0.29) is 17.3 Å². The van der Waals surface area contributed by atoms with Crippen molar-refractivity contribution in [2.45, 2.75) is 0 Å². The lowest BCUT2D eigenvalue weighted by Gasteiger charge is -2.05. The van der Waals surface area contributed by atoms with Crippen molar-refractivity contribution in [3.8, 4) is 0 Å². The van der Waals surface area contributed by atoms with E-state index in [9.17, 15) is 4.79 Å². The second-order valence-electron chi connectivity index (χ2n) is 2.60. The number of nitrogens with zero attached hydrogens (tertiary/aromatic N) is 1. The summed E-state index contributed by atoms with van der Waals surface area (Å²) in [6.45, 7) is 0.906. The van der Waals surface area contributed by atoms with Crippen LogP contribution in [0.15, 0.2) is 12.3 Å². The molecule has 1 aromatic heterocycles. The normalized spacial score (nSPS) is 9.79. The van der Waals surface area contributed by atoms with Crippen LogP contribution in [0.5, 0.6) is 0 Å². The molecular weight excluding hydrogens is 182 g/mol. The highest BCUT2D eigenvalue weighted by atomic mass is 16.5. The van der Waals surface area contributed by atoms with E-state index in [1.807, 2.05) is 0 Å². The lowest BCUT2D eigenvalue weighted by atomic mass is 10.2. The molecule has 1 rings (SSSR count). The summed E-state index contributed by atoms with van der Waals surface area (Å²) in [7, 11) is 1.57. The molecule has 0 aliphatic carbocycles. The van der Waals surface area contributed by atoms with E-state index in [0.29, 0.717) is 13.2 Å². The molecule has 0 fully saturated rings. The van der Waals surface area contributed by atoms with E-state index in [4.69, 9.17) is 10.5 Å². The quantitative estimate of drug-likeness (QED) is 0.653. The number of carbonyl (C=O) groups is 1. The number of hydrogen-bond donors (Lipinski definition) is 2. The van der Waals surface area contributed by atoms with Gasteiger partial charge < -0.3 is 15.8 Å². The van der Waals surface area contributed by atoms with Gasteiger partial charge in [-0.1, -0.05) is 0 Å². The number of ether oxygens (including phenoxy) is 1. The van der Waals surface area contributed by atoms with Crippen LogP contribution < -0.4 is 11.1 Å². The summed E-state index contributed by atoms with van der Waals surface area (Å²) >= 11 is 0. The monoisotopic (exact) mass is 194 g/mol. The van der Waals surface area contributed by atoms with Gasteiger partial charge in [0, 0.05) is 25.9 Å². The highest BCUT2D eigenvalue weighted by molar-refractivity contribution is 5.97. The van der Waals surface area contributed by atoms with Gasteiger partial charge in [-0.15, -0.1) is 0 Å². The van der Waals surface area contributed by atoms with Crippen LogP contribution >= 0.6 is 0 Å². The molecule has 0 saturated heterocycles. The zero-order chi connectivity index (χ0) is 10.4. The van der Waals surface area contributed by atoms with Crippen molar-refractivity contribution in [3.05, 3.63) is 23.9 Å². The van der Waals surface area contributed by atoms with Crippen molar-refractivity contribution in [2.24, 2.45) is 0 Å². The van der Waals surface area contributed by atoms with Crippen LogP contribution in [-0.2, 0) is 4.74 Å². The summed E-state index contributed by atoms with van der Waals surface area (Å²) in [4.78, 5) is 15.2. The number of rotatable bonds is 4. The minimum absolute atomic E-state index is 0.183.